The third-order valence-electron chi connectivity index (χ3n) is 2.54. The first-order chi connectivity index (χ1) is 6.65. The van der Waals surface area contributed by atoms with E-state index in [1.807, 2.05) is 25.2 Å². The number of hydrazine groups is 2. The summed E-state index contributed by atoms with van der Waals surface area (Å²) in [5.74, 6) is 0.332. The molecule has 80 valence electrons. The van der Waals surface area contributed by atoms with Crippen molar-refractivity contribution in [3.63, 3.8) is 0 Å². The number of ketones is 1. The van der Waals surface area contributed by atoms with E-state index in [4.69, 9.17) is 0 Å². The minimum atomic E-state index is 0. The summed E-state index contributed by atoms with van der Waals surface area (Å²) in [5, 5.41) is 5.23. The molecule has 0 aromatic rings. The number of hydrogen-bond donors (Lipinski definition) is 3. The van der Waals surface area contributed by atoms with Crippen LogP contribution in [0.25, 0.3) is 0 Å². The van der Waals surface area contributed by atoms with Crippen LogP contribution in [-0.2, 0) is 4.79 Å². The van der Waals surface area contributed by atoms with Crippen LogP contribution in [0.15, 0.2) is 11.9 Å². The molecule has 5 heteroatoms. The average Bonchev–Trinajstić information content (AvgIpc) is 2.50. The lowest BCUT2D eigenvalue weighted by molar-refractivity contribution is -0.121. The van der Waals surface area contributed by atoms with Crippen LogP contribution in [0, 0.1) is 0 Å². The lowest BCUT2D eigenvalue weighted by Crippen LogP contribution is -2.48. The van der Waals surface area contributed by atoms with Gasteiger partial charge in [0.1, 0.15) is 5.78 Å². The molecule has 0 saturated carbocycles. The van der Waals surface area contributed by atoms with Gasteiger partial charge in [-0.2, -0.15) is 0 Å². The maximum absolute atomic E-state index is 11.4. The smallest absolute Gasteiger partial charge is 0.136 e. The largest absolute Gasteiger partial charge is 0.305 e. The van der Waals surface area contributed by atoms with Crippen LogP contribution in [0.3, 0.4) is 0 Å². The summed E-state index contributed by atoms with van der Waals surface area (Å²) in [7, 11) is 1.91. The zero-order valence-corrected chi connectivity index (χ0v) is 8.50. The van der Waals surface area contributed by atoms with Crippen molar-refractivity contribution in [3.05, 3.63) is 11.9 Å². The fourth-order valence-corrected chi connectivity index (χ4v) is 1.92. The number of carbonyl (C=O) groups is 1. The minimum Gasteiger partial charge on any atom is -0.305 e. The predicted molar refractivity (Wildman–Crippen MR) is 54.9 cm³/mol. The summed E-state index contributed by atoms with van der Waals surface area (Å²) in [6.07, 6.45) is 3.19. The lowest BCUT2D eigenvalue weighted by atomic mass is 9.96. The second kappa shape index (κ2) is 3.59. The Hall–Kier alpha value is -1.07. The highest BCUT2D eigenvalue weighted by Crippen LogP contribution is 2.15. The van der Waals surface area contributed by atoms with Gasteiger partial charge in [0.25, 0.3) is 0 Å². The van der Waals surface area contributed by atoms with E-state index >= 15 is 0 Å². The average molecular weight is 198 g/mol. The van der Waals surface area contributed by atoms with Gasteiger partial charge in [-0.25, -0.2) is 0 Å². The van der Waals surface area contributed by atoms with E-state index in [2.05, 4.69) is 16.3 Å². The highest BCUT2D eigenvalue weighted by atomic mass is 16.1. The molecule has 2 rings (SSSR count). The topological polar surface area (TPSA) is 56.4 Å². The van der Waals surface area contributed by atoms with Crippen molar-refractivity contribution in [2.75, 3.05) is 7.05 Å². The molecule has 1 saturated heterocycles. The Labute approximate surface area is 85.0 Å². The van der Waals surface area contributed by atoms with E-state index in [9.17, 15) is 4.79 Å². The van der Waals surface area contributed by atoms with Crippen molar-refractivity contribution in [1.82, 2.24) is 21.3 Å². The molecular formula is C9H18N4O. The zero-order valence-electron chi connectivity index (χ0n) is 8.50. The summed E-state index contributed by atoms with van der Waals surface area (Å²) in [6.45, 7) is 2.04. The molecule has 0 radical (unpaired) electrons. The Bertz CT molecular complexity index is 281. The van der Waals surface area contributed by atoms with Crippen LogP contribution in [0.1, 0.15) is 21.2 Å². The van der Waals surface area contributed by atoms with E-state index in [1.54, 1.807) is 0 Å². The normalized spacial score (nSPS) is 32.9. The first-order valence-corrected chi connectivity index (χ1v) is 4.89. The number of nitrogens with one attached hydrogen (secondary N) is 3. The highest BCUT2D eigenvalue weighted by molar-refractivity contribution is 5.81. The molecule has 0 spiro atoms. The highest BCUT2D eigenvalue weighted by Gasteiger charge is 2.28. The van der Waals surface area contributed by atoms with E-state index < -0.39 is 0 Å². The standard InChI is InChI=1S/C9H16N4O.H2/c1-6-3-7(14)4-8(10-6)9-5-13(2)12-11-9;/h5-6,8,10-12H,3-4H2,1-2H3;1H/t6-,8-;/m0./s1. The lowest BCUT2D eigenvalue weighted by Gasteiger charge is -2.28. The second-order valence-electron chi connectivity index (χ2n) is 4.00. The third kappa shape index (κ3) is 1.88. The maximum atomic E-state index is 11.4. The summed E-state index contributed by atoms with van der Waals surface area (Å²) >= 11 is 0. The SMILES string of the molecule is C[C@H]1CC(=O)C[C@@H](C2=CN(C)NN2)N1.[HH]. The van der Waals surface area contributed by atoms with Gasteiger partial charge in [0, 0.05) is 33.6 Å². The van der Waals surface area contributed by atoms with E-state index in [0.717, 1.165) is 5.70 Å². The quantitative estimate of drug-likeness (QED) is 0.542. The van der Waals surface area contributed by atoms with E-state index in [-0.39, 0.29) is 13.5 Å². The Morgan fingerprint density at radius 3 is 2.93 bits per heavy atom. The molecule has 1 fully saturated rings. The van der Waals surface area contributed by atoms with Crippen LogP contribution in [-0.4, -0.2) is 29.9 Å². The number of piperidine rings is 1. The van der Waals surface area contributed by atoms with Crippen LogP contribution >= 0.6 is 0 Å². The second-order valence-corrected chi connectivity index (χ2v) is 4.00. The number of carbonyl (C=O) groups excluding carboxylic acids is 1. The number of hydrogen-bond acceptors (Lipinski definition) is 5. The van der Waals surface area contributed by atoms with Crippen LogP contribution < -0.4 is 16.3 Å². The monoisotopic (exact) mass is 198 g/mol. The fourth-order valence-electron chi connectivity index (χ4n) is 1.92. The van der Waals surface area contributed by atoms with Crippen molar-refractivity contribution in [2.45, 2.75) is 31.8 Å². The van der Waals surface area contributed by atoms with Crippen molar-refractivity contribution in [3.8, 4) is 0 Å². The zero-order chi connectivity index (χ0) is 10.1. The predicted octanol–water partition coefficient (Wildman–Crippen LogP) is -0.262. The molecule has 0 bridgehead atoms. The fraction of sp³-hybridized carbons (Fsp3) is 0.667. The van der Waals surface area contributed by atoms with Gasteiger partial charge in [-0.3, -0.25) is 9.80 Å². The molecule has 2 aliphatic rings. The molecule has 2 heterocycles. The number of nitrogens with zero attached hydrogens (tertiary/aromatic N) is 1. The van der Waals surface area contributed by atoms with Crippen molar-refractivity contribution in [1.29, 1.82) is 0 Å². The number of Topliss-reactive ketones (excluding diaryl/α,β-unsaturated/α-hetero) is 1. The first-order valence-electron chi connectivity index (χ1n) is 4.89. The molecule has 0 aromatic heterocycles. The Balaban J connectivity index is 0.00000112. The molecule has 2 aliphatic heterocycles. The van der Waals surface area contributed by atoms with Gasteiger partial charge in [0.05, 0.1) is 11.7 Å². The number of rotatable bonds is 1. The molecule has 0 amide bonds. The molecule has 2 atom stereocenters. The summed E-state index contributed by atoms with van der Waals surface area (Å²) in [6, 6.07) is 0.401. The minimum absolute atomic E-state index is 0. The van der Waals surface area contributed by atoms with Gasteiger partial charge >= 0.3 is 0 Å². The Morgan fingerprint density at radius 1 is 1.57 bits per heavy atom. The van der Waals surface area contributed by atoms with Gasteiger partial charge < -0.3 is 10.7 Å². The molecular weight excluding hydrogens is 180 g/mol. The molecule has 5 nitrogen and oxygen atoms in total. The van der Waals surface area contributed by atoms with E-state index in [1.165, 1.54) is 0 Å². The van der Waals surface area contributed by atoms with Crippen molar-refractivity contribution < 1.29 is 6.22 Å². The molecule has 14 heavy (non-hydrogen) atoms. The molecule has 0 unspecified atom stereocenters. The van der Waals surface area contributed by atoms with Crippen LogP contribution in [0.4, 0.5) is 0 Å². The van der Waals surface area contributed by atoms with Crippen LogP contribution in [0.2, 0.25) is 0 Å². The Morgan fingerprint density at radius 2 is 2.36 bits per heavy atom. The third-order valence-corrected chi connectivity index (χ3v) is 2.54. The van der Waals surface area contributed by atoms with Gasteiger partial charge in [0.2, 0.25) is 0 Å². The Kier molecular flexibility index (Phi) is 2.43. The first kappa shape index (κ1) is 9.48. The molecule has 3 N–H and O–H groups in total. The van der Waals surface area contributed by atoms with Gasteiger partial charge in [-0.1, -0.05) is 0 Å². The summed E-state index contributed by atoms with van der Waals surface area (Å²) in [4.78, 5) is 11.4. The van der Waals surface area contributed by atoms with Crippen molar-refractivity contribution in [2.24, 2.45) is 0 Å². The summed E-state index contributed by atoms with van der Waals surface area (Å²) in [5.41, 5.74) is 7.01. The summed E-state index contributed by atoms with van der Waals surface area (Å²) < 4.78 is 0. The maximum Gasteiger partial charge on any atom is 0.136 e. The van der Waals surface area contributed by atoms with Gasteiger partial charge in [-0.05, 0) is 6.92 Å². The van der Waals surface area contributed by atoms with Gasteiger partial charge in [-0.15, -0.1) is 5.53 Å². The van der Waals surface area contributed by atoms with Gasteiger partial charge in [0.15, 0.2) is 0 Å². The van der Waals surface area contributed by atoms with E-state index in [0.29, 0.717) is 18.6 Å². The molecule has 0 aromatic carbocycles. The van der Waals surface area contributed by atoms with Crippen LogP contribution in [0.5, 0.6) is 0 Å². The van der Waals surface area contributed by atoms with Crippen molar-refractivity contribution >= 4 is 5.78 Å². The molecule has 0 aliphatic carbocycles.